The van der Waals surface area contributed by atoms with Crippen LogP contribution in [0.1, 0.15) is 37.3 Å². The first kappa shape index (κ1) is 10.6. The quantitative estimate of drug-likeness (QED) is 0.753. The van der Waals surface area contributed by atoms with Crippen molar-refractivity contribution in [3.8, 4) is 0 Å². The van der Waals surface area contributed by atoms with Gasteiger partial charge in [0.05, 0.1) is 0 Å². The molecule has 1 aliphatic rings. The molecule has 0 spiro atoms. The number of aryl methyl sites for hydroxylation is 1. The topological polar surface area (TPSA) is 26.0 Å². The minimum Gasteiger partial charge on any atom is -0.328 e. The van der Waals surface area contributed by atoms with Gasteiger partial charge in [-0.3, -0.25) is 0 Å². The molecule has 0 heterocycles. The Bertz CT molecular complexity index is 375. The monoisotopic (exact) mass is 207 g/mol. The van der Waals surface area contributed by atoms with Crippen molar-refractivity contribution in [2.75, 3.05) is 0 Å². The van der Waals surface area contributed by atoms with Crippen molar-refractivity contribution in [2.24, 2.45) is 5.73 Å². The van der Waals surface area contributed by atoms with Gasteiger partial charge in [-0.1, -0.05) is 19.1 Å². The van der Waals surface area contributed by atoms with E-state index in [4.69, 9.17) is 5.73 Å². The molecule has 82 valence electrons. The van der Waals surface area contributed by atoms with Crippen LogP contribution in [-0.2, 0) is 5.41 Å². The standard InChI is InChI=1S/C13H18FN/c1-9-7-10(3-4-12(9)14)13(2)6-5-11(15)8-13/h3-4,7,11H,5-6,8,15H2,1-2H3. The van der Waals surface area contributed by atoms with Gasteiger partial charge in [-0.25, -0.2) is 4.39 Å². The maximum atomic E-state index is 13.2. The summed E-state index contributed by atoms with van der Waals surface area (Å²) in [6, 6.07) is 5.74. The zero-order chi connectivity index (χ0) is 11.1. The Kier molecular flexibility index (Phi) is 2.55. The lowest BCUT2D eigenvalue weighted by atomic mass is 9.80. The van der Waals surface area contributed by atoms with Crippen LogP contribution in [0.2, 0.25) is 0 Å². The average Bonchev–Trinajstić information content (AvgIpc) is 2.52. The predicted molar refractivity (Wildman–Crippen MR) is 60.3 cm³/mol. The maximum Gasteiger partial charge on any atom is 0.126 e. The van der Waals surface area contributed by atoms with E-state index in [1.54, 1.807) is 6.07 Å². The van der Waals surface area contributed by atoms with Crippen molar-refractivity contribution in [3.05, 3.63) is 35.1 Å². The fraction of sp³-hybridized carbons (Fsp3) is 0.538. The van der Waals surface area contributed by atoms with E-state index in [1.165, 1.54) is 5.56 Å². The third-order valence-corrected chi connectivity index (χ3v) is 3.63. The van der Waals surface area contributed by atoms with Crippen molar-refractivity contribution >= 4 is 0 Å². The van der Waals surface area contributed by atoms with Gasteiger partial charge < -0.3 is 5.73 Å². The van der Waals surface area contributed by atoms with Gasteiger partial charge in [0.25, 0.3) is 0 Å². The van der Waals surface area contributed by atoms with E-state index in [0.717, 1.165) is 24.8 Å². The molecule has 1 aliphatic carbocycles. The summed E-state index contributed by atoms with van der Waals surface area (Å²) in [5, 5.41) is 0. The molecule has 15 heavy (non-hydrogen) atoms. The van der Waals surface area contributed by atoms with Crippen LogP contribution in [0.4, 0.5) is 4.39 Å². The van der Waals surface area contributed by atoms with Crippen molar-refractivity contribution < 1.29 is 4.39 Å². The minimum absolute atomic E-state index is 0.121. The second-order valence-electron chi connectivity index (χ2n) is 5.03. The SMILES string of the molecule is Cc1cc(C2(C)CCC(N)C2)ccc1F. The highest BCUT2D eigenvalue weighted by molar-refractivity contribution is 5.31. The Morgan fingerprint density at radius 2 is 2.20 bits per heavy atom. The summed E-state index contributed by atoms with van der Waals surface area (Å²) in [6.45, 7) is 4.05. The van der Waals surface area contributed by atoms with E-state index in [9.17, 15) is 4.39 Å². The highest BCUT2D eigenvalue weighted by atomic mass is 19.1. The van der Waals surface area contributed by atoms with Crippen molar-refractivity contribution in [3.63, 3.8) is 0 Å². The van der Waals surface area contributed by atoms with Crippen LogP contribution in [0.25, 0.3) is 0 Å². The van der Waals surface area contributed by atoms with E-state index in [0.29, 0.717) is 6.04 Å². The number of benzene rings is 1. The van der Waals surface area contributed by atoms with E-state index in [1.807, 2.05) is 19.1 Å². The number of nitrogens with two attached hydrogens (primary N) is 1. The molecule has 2 rings (SSSR count). The Morgan fingerprint density at radius 3 is 2.73 bits per heavy atom. The highest BCUT2D eigenvalue weighted by Crippen LogP contribution is 2.40. The fourth-order valence-corrected chi connectivity index (χ4v) is 2.57. The molecule has 0 saturated heterocycles. The molecule has 2 atom stereocenters. The molecule has 1 saturated carbocycles. The lowest BCUT2D eigenvalue weighted by molar-refractivity contribution is 0.480. The highest BCUT2D eigenvalue weighted by Gasteiger charge is 2.34. The smallest absolute Gasteiger partial charge is 0.126 e. The second kappa shape index (κ2) is 3.60. The third-order valence-electron chi connectivity index (χ3n) is 3.63. The van der Waals surface area contributed by atoms with Gasteiger partial charge in [0.15, 0.2) is 0 Å². The molecule has 1 aromatic carbocycles. The summed E-state index contributed by atoms with van der Waals surface area (Å²) >= 11 is 0. The molecular weight excluding hydrogens is 189 g/mol. The van der Waals surface area contributed by atoms with Crippen molar-refractivity contribution in [1.82, 2.24) is 0 Å². The first-order chi connectivity index (χ1) is 7.01. The molecule has 1 aromatic rings. The zero-order valence-electron chi connectivity index (χ0n) is 9.39. The van der Waals surface area contributed by atoms with Crippen LogP contribution < -0.4 is 5.73 Å². The Labute approximate surface area is 90.5 Å². The van der Waals surface area contributed by atoms with Gasteiger partial charge in [0.2, 0.25) is 0 Å². The van der Waals surface area contributed by atoms with E-state index < -0.39 is 0 Å². The van der Waals surface area contributed by atoms with Gasteiger partial charge >= 0.3 is 0 Å². The molecule has 2 heteroatoms. The number of hydrogen-bond donors (Lipinski definition) is 1. The molecule has 0 radical (unpaired) electrons. The summed E-state index contributed by atoms with van der Waals surface area (Å²) < 4.78 is 13.2. The van der Waals surface area contributed by atoms with Crippen LogP contribution in [0, 0.1) is 12.7 Å². The van der Waals surface area contributed by atoms with Crippen molar-refractivity contribution in [2.45, 2.75) is 44.6 Å². The lowest BCUT2D eigenvalue weighted by Crippen LogP contribution is -2.22. The summed E-state index contributed by atoms with van der Waals surface area (Å²) in [5.74, 6) is -0.121. The molecule has 0 aromatic heterocycles. The summed E-state index contributed by atoms with van der Waals surface area (Å²) in [4.78, 5) is 0. The molecule has 1 fully saturated rings. The van der Waals surface area contributed by atoms with Gasteiger partial charge in [0, 0.05) is 6.04 Å². The summed E-state index contributed by atoms with van der Waals surface area (Å²) in [6.07, 6.45) is 3.20. The second-order valence-corrected chi connectivity index (χ2v) is 5.03. The molecule has 0 aliphatic heterocycles. The third kappa shape index (κ3) is 1.91. The average molecular weight is 207 g/mol. The Balaban J connectivity index is 2.33. The molecule has 1 nitrogen and oxygen atoms in total. The molecular formula is C13H18FN. The molecule has 2 unspecified atom stereocenters. The fourth-order valence-electron chi connectivity index (χ4n) is 2.57. The van der Waals surface area contributed by atoms with Crippen LogP contribution in [0.15, 0.2) is 18.2 Å². The van der Waals surface area contributed by atoms with E-state index in [-0.39, 0.29) is 11.2 Å². The normalized spacial score (nSPS) is 30.8. The molecule has 0 amide bonds. The van der Waals surface area contributed by atoms with Crippen molar-refractivity contribution in [1.29, 1.82) is 0 Å². The van der Waals surface area contributed by atoms with Crippen LogP contribution in [-0.4, -0.2) is 6.04 Å². The first-order valence-corrected chi connectivity index (χ1v) is 5.53. The predicted octanol–water partition coefficient (Wildman–Crippen LogP) is 2.90. The zero-order valence-corrected chi connectivity index (χ0v) is 9.39. The molecule has 2 N–H and O–H groups in total. The number of hydrogen-bond acceptors (Lipinski definition) is 1. The van der Waals surface area contributed by atoms with E-state index in [2.05, 4.69) is 6.92 Å². The molecule has 0 bridgehead atoms. The van der Waals surface area contributed by atoms with Gasteiger partial charge in [-0.15, -0.1) is 0 Å². The largest absolute Gasteiger partial charge is 0.328 e. The minimum atomic E-state index is -0.121. The van der Waals surface area contributed by atoms with E-state index >= 15 is 0 Å². The Morgan fingerprint density at radius 1 is 1.47 bits per heavy atom. The lowest BCUT2D eigenvalue weighted by Gasteiger charge is -2.25. The summed E-state index contributed by atoms with van der Waals surface area (Å²) in [7, 11) is 0. The van der Waals surface area contributed by atoms with Gasteiger partial charge in [-0.2, -0.15) is 0 Å². The van der Waals surface area contributed by atoms with Crippen LogP contribution in [0.3, 0.4) is 0 Å². The van der Waals surface area contributed by atoms with Gasteiger partial charge in [-0.05, 0) is 48.8 Å². The maximum absolute atomic E-state index is 13.2. The summed E-state index contributed by atoms with van der Waals surface area (Å²) in [5.41, 5.74) is 8.05. The van der Waals surface area contributed by atoms with Crippen LogP contribution >= 0.6 is 0 Å². The first-order valence-electron chi connectivity index (χ1n) is 5.53. The number of rotatable bonds is 1. The Hall–Kier alpha value is -0.890. The van der Waals surface area contributed by atoms with Gasteiger partial charge in [0.1, 0.15) is 5.82 Å². The van der Waals surface area contributed by atoms with Crippen LogP contribution in [0.5, 0.6) is 0 Å². The number of halogens is 1.